The molecule has 4 saturated heterocycles. The number of nitriles is 1. The van der Waals surface area contributed by atoms with Gasteiger partial charge < -0.3 is 24.4 Å². The Labute approximate surface area is 395 Å². The predicted molar refractivity (Wildman–Crippen MR) is 248 cm³/mol. The molecule has 3 aromatic carbocycles. The van der Waals surface area contributed by atoms with Gasteiger partial charge in [-0.3, -0.25) is 38.2 Å². The standard InChI is InChI=1S/C46H51F2N11O9S/c1-5-53(2)69(65,66)52-36-9-7-33(47)41(32(36)25-49)68-29-6-8-35-30(20-29)43(62)59(27-50-35)28-23-46(67-26-28)13-18-57(19-14-46)40(61)24-45(64)11-16-56(17-12-45)38-22-37-31(21-34(38)48)42(51-55(37)4)58-15-10-39(60)54(3)44(58)63/h6-9,20-22,27-28,52,64H,5,10-19,23-24,26H2,1-4H3/t28-/m1/s1. The molecule has 0 bridgehead atoms. The Kier molecular flexibility index (Phi) is 12.3. The molecular formula is C46H51F2N11O9S. The van der Waals surface area contributed by atoms with Crippen LogP contribution in [0.2, 0.25) is 0 Å². The second kappa shape index (κ2) is 18.0. The van der Waals surface area contributed by atoms with E-state index in [1.807, 2.05) is 11.0 Å². The molecule has 69 heavy (non-hydrogen) atoms. The van der Waals surface area contributed by atoms with Gasteiger partial charge in [-0.05, 0) is 74.6 Å². The SMILES string of the molecule is CCN(C)S(=O)(=O)Nc1ccc(F)c(Oc2ccc3ncn([C@H]4COC5(CCN(C(=O)CC6(O)CCN(c7cc8c(cc7F)c(N7CCC(=O)N(C)C7=O)nn8C)CC6)CC5)C4)c(=O)c3c2)c1C#N. The van der Waals surface area contributed by atoms with Crippen molar-refractivity contribution in [3.05, 3.63) is 76.3 Å². The summed E-state index contributed by atoms with van der Waals surface area (Å²) in [5.74, 6) is -2.19. The lowest BCUT2D eigenvalue weighted by Crippen LogP contribution is -2.51. The van der Waals surface area contributed by atoms with Gasteiger partial charge >= 0.3 is 16.2 Å². The van der Waals surface area contributed by atoms with Crippen LogP contribution in [0.4, 0.5) is 30.8 Å². The number of fused-ring (bicyclic) bond motifs is 2. The summed E-state index contributed by atoms with van der Waals surface area (Å²) in [4.78, 5) is 63.0. The summed E-state index contributed by atoms with van der Waals surface area (Å²) in [7, 11) is 0.395. The number of carbonyl (C=O) groups excluding carboxylic acids is 3. The number of piperidine rings is 2. The Morgan fingerprint density at radius 2 is 1.75 bits per heavy atom. The fraction of sp³-hybridized carbons (Fsp3) is 0.457. The van der Waals surface area contributed by atoms with Crippen LogP contribution in [-0.4, -0.2) is 136 Å². The van der Waals surface area contributed by atoms with E-state index < -0.39 is 50.4 Å². The minimum Gasteiger partial charge on any atom is -0.453 e. The average molecular weight is 972 g/mol. The number of amides is 4. The van der Waals surface area contributed by atoms with Gasteiger partial charge in [-0.15, -0.1) is 0 Å². The zero-order valence-corrected chi connectivity index (χ0v) is 39.3. The Morgan fingerprint density at radius 1 is 1.01 bits per heavy atom. The number of rotatable bonds is 11. The third kappa shape index (κ3) is 8.81. The summed E-state index contributed by atoms with van der Waals surface area (Å²) in [6, 6.07) is 10.4. The molecule has 1 atom stereocenters. The molecule has 2 N–H and O–H groups in total. The molecule has 4 aliphatic heterocycles. The largest absolute Gasteiger partial charge is 0.453 e. The summed E-state index contributed by atoms with van der Waals surface area (Å²) in [6.07, 6.45) is 3.41. The second-order valence-corrected chi connectivity index (χ2v) is 20.0. The van der Waals surface area contributed by atoms with Crippen molar-refractivity contribution in [3.63, 3.8) is 0 Å². The van der Waals surface area contributed by atoms with Crippen LogP contribution >= 0.6 is 0 Å². The second-order valence-electron chi connectivity index (χ2n) is 18.2. The molecule has 6 heterocycles. The lowest BCUT2D eigenvalue weighted by atomic mass is 9.85. The fourth-order valence-corrected chi connectivity index (χ4v) is 10.6. The maximum absolute atomic E-state index is 15.8. The Balaban J connectivity index is 0.813. The number of ether oxygens (including phenoxy) is 2. The summed E-state index contributed by atoms with van der Waals surface area (Å²) in [6.45, 7) is 3.47. The number of carbonyl (C=O) groups is 3. The van der Waals surface area contributed by atoms with Crippen molar-refractivity contribution in [2.75, 3.05) is 74.5 Å². The Hall–Kier alpha value is -6.74. The van der Waals surface area contributed by atoms with Gasteiger partial charge in [-0.1, -0.05) is 6.92 Å². The molecule has 20 nitrogen and oxygen atoms in total. The fourth-order valence-electron chi connectivity index (χ4n) is 9.69. The number of nitrogens with zero attached hydrogens (tertiary/aromatic N) is 10. The number of imide groups is 1. The number of anilines is 3. The molecule has 364 valence electrons. The van der Waals surface area contributed by atoms with Crippen molar-refractivity contribution in [2.45, 2.75) is 69.1 Å². The van der Waals surface area contributed by atoms with Gasteiger partial charge in [-0.25, -0.2) is 18.6 Å². The maximum Gasteiger partial charge on any atom is 0.332 e. The van der Waals surface area contributed by atoms with Crippen molar-refractivity contribution in [1.29, 1.82) is 5.26 Å². The Morgan fingerprint density at radius 3 is 2.46 bits per heavy atom. The highest BCUT2D eigenvalue weighted by atomic mass is 32.2. The lowest BCUT2D eigenvalue weighted by molar-refractivity contribution is -0.142. The quantitative estimate of drug-likeness (QED) is 0.188. The summed E-state index contributed by atoms with van der Waals surface area (Å²) < 4.78 is 74.9. The van der Waals surface area contributed by atoms with E-state index in [0.717, 1.165) is 21.3 Å². The van der Waals surface area contributed by atoms with Gasteiger partial charge in [0.15, 0.2) is 17.4 Å². The minimum absolute atomic E-state index is 0.0144. The number of halogens is 2. The Bertz CT molecular complexity index is 3120. The highest BCUT2D eigenvalue weighted by molar-refractivity contribution is 7.90. The first-order valence-corrected chi connectivity index (χ1v) is 24.1. The third-order valence-electron chi connectivity index (χ3n) is 14.0. The summed E-state index contributed by atoms with van der Waals surface area (Å²) in [5.41, 5.74) is -1.63. The van der Waals surface area contributed by atoms with Crippen LogP contribution in [0.1, 0.15) is 63.5 Å². The van der Waals surface area contributed by atoms with E-state index in [4.69, 9.17) is 9.47 Å². The highest BCUT2D eigenvalue weighted by Crippen LogP contribution is 2.42. The van der Waals surface area contributed by atoms with Gasteiger partial charge in [0.05, 0.1) is 64.4 Å². The molecule has 5 aromatic rings. The number of urea groups is 1. The monoisotopic (exact) mass is 971 g/mol. The molecule has 0 aliphatic carbocycles. The van der Waals surface area contributed by atoms with Crippen LogP contribution in [0, 0.1) is 23.0 Å². The number of likely N-dealkylation sites (tertiary alicyclic amines) is 1. The molecule has 0 unspecified atom stereocenters. The number of aliphatic hydroxyl groups is 1. The van der Waals surface area contributed by atoms with E-state index >= 15 is 8.78 Å². The van der Waals surface area contributed by atoms with Crippen LogP contribution in [0.3, 0.4) is 0 Å². The van der Waals surface area contributed by atoms with Crippen molar-refractivity contribution < 1.29 is 46.2 Å². The van der Waals surface area contributed by atoms with E-state index in [9.17, 15) is 38.0 Å². The smallest absolute Gasteiger partial charge is 0.332 e. The molecule has 9 rings (SSSR count). The summed E-state index contributed by atoms with van der Waals surface area (Å²) in [5, 5.41) is 26.7. The molecule has 2 aromatic heterocycles. The van der Waals surface area contributed by atoms with Crippen LogP contribution in [-0.2, 0) is 31.6 Å². The van der Waals surface area contributed by atoms with E-state index in [2.05, 4.69) is 14.8 Å². The minimum atomic E-state index is -4.05. The highest BCUT2D eigenvalue weighted by Gasteiger charge is 2.45. The number of hydrogen-bond donors (Lipinski definition) is 2. The van der Waals surface area contributed by atoms with Gasteiger partial charge in [0.25, 0.3) is 5.56 Å². The van der Waals surface area contributed by atoms with Crippen LogP contribution < -0.4 is 24.8 Å². The maximum atomic E-state index is 15.8. The predicted octanol–water partition coefficient (Wildman–Crippen LogP) is 4.37. The first kappa shape index (κ1) is 47.3. The summed E-state index contributed by atoms with van der Waals surface area (Å²) >= 11 is 0. The van der Waals surface area contributed by atoms with Crippen LogP contribution in [0.25, 0.3) is 21.8 Å². The van der Waals surface area contributed by atoms with Crippen LogP contribution in [0.15, 0.2) is 53.6 Å². The van der Waals surface area contributed by atoms with E-state index in [1.165, 1.54) is 54.2 Å². The number of nitrogens with one attached hydrogen (secondary N) is 1. The molecule has 4 aliphatic rings. The molecular weight excluding hydrogens is 921 g/mol. The first-order chi connectivity index (χ1) is 32.8. The van der Waals surface area contributed by atoms with Crippen molar-refractivity contribution >= 4 is 67.1 Å². The zero-order valence-electron chi connectivity index (χ0n) is 38.4. The molecule has 4 fully saturated rings. The average Bonchev–Trinajstić information content (AvgIpc) is 3.88. The normalized spacial score (nSPS) is 19.6. The van der Waals surface area contributed by atoms with Gasteiger partial charge in [-0.2, -0.15) is 23.1 Å². The third-order valence-corrected chi connectivity index (χ3v) is 15.6. The van der Waals surface area contributed by atoms with Crippen LogP contribution in [0.5, 0.6) is 11.5 Å². The topological polar surface area (TPSA) is 229 Å². The molecule has 0 saturated carbocycles. The number of benzene rings is 3. The van der Waals surface area contributed by atoms with Crippen molar-refractivity contribution in [1.82, 2.24) is 33.4 Å². The van der Waals surface area contributed by atoms with Gasteiger partial charge in [0.1, 0.15) is 23.2 Å². The number of aryl methyl sites for hydroxylation is 1. The van der Waals surface area contributed by atoms with Gasteiger partial charge in [0.2, 0.25) is 11.8 Å². The van der Waals surface area contributed by atoms with Crippen molar-refractivity contribution in [3.8, 4) is 17.6 Å². The number of aromatic nitrogens is 4. The van der Waals surface area contributed by atoms with E-state index in [1.54, 1.807) is 29.6 Å². The van der Waals surface area contributed by atoms with Crippen molar-refractivity contribution in [2.24, 2.45) is 7.05 Å². The first-order valence-electron chi connectivity index (χ1n) is 22.6. The molecule has 0 radical (unpaired) electrons. The molecule has 4 amide bonds. The van der Waals surface area contributed by atoms with E-state index in [0.29, 0.717) is 67.5 Å². The molecule has 1 spiro atoms. The zero-order chi connectivity index (χ0) is 49.2. The van der Waals surface area contributed by atoms with Gasteiger partial charge in [0, 0.05) is 72.2 Å². The number of hydrogen-bond acceptors (Lipinski definition) is 13. The lowest BCUT2D eigenvalue weighted by Gasteiger charge is -2.42. The van der Waals surface area contributed by atoms with E-state index in [-0.39, 0.29) is 91.4 Å². The molecule has 23 heteroatoms.